The lowest BCUT2D eigenvalue weighted by molar-refractivity contribution is 0.456. The highest BCUT2D eigenvalue weighted by molar-refractivity contribution is 5.09. The van der Waals surface area contributed by atoms with Gasteiger partial charge in [-0.3, -0.25) is 25.9 Å². The number of hydrazine groups is 1. The summed E-state index contributed by atoms with van der Waals surface area (Å²) in [6.07, 6.45) is 13.0. The van der Waals surface area contributed by atoms with Crippen molar-refractivity contribution in [3.05, 3.63) is 42.2 Å². The number of hydrogen-bond donors (Lipinski definition) is 2. The van der Waals surface area contributed by atoms with Crippen LogP contribution in [-0.2, 0) is 6.42 Å². The van der Waals surface area contributed by atoms with Crippen molar-refractivity contribution >= 4 is 0 Å². The van der Waals surface area contributed by atoms with Crippen molar-refractivity contribution in [1.82, 2.24) is 25.2 Å². The van der Waals surface area contributed by atoms with E-state index in [0.717, 1.165) is 17.8 Å². The molecule has 0 saturated heterocycles. The summed E-state index contributed by atoms with van der Waals surface area (Å²) in [7, 11) is 0. The molecule has 1 unspecified atom stereocenters. The predicted octanol–water partition coefficient (Wildman–Crippen LogP) is 1.54. The summed E-state index contributed by atoms with van der Waals surface area (Å²) in [5, 5.41) is 4.68. The van der Waals surface area contributed by atoms with E-state index in [9.17, 15) is 0 Å². The lowest BCUT2D eigenvalue weighted by Crippen LogP contribution is -2.30. The standard InChI is InChI=1S/C14H20N6/c15-18-13(14-10-16-6-7-17-14)9-11-5-8-20(19-11)12-3-1-2-4-12/h5-8,10,12-13,18H,1-4,9,15H2. The van der Waals surface area contributed by atoms with Gasteiger partial charge in [0.1, 0.15) is 0 Å². The Morgan fingerprint density at radius 2 is 2.20 bits per heavy atom. The maximum atomic E-state index is 5.63. The lowest BCUT2D eigenvalue weighted by Gasteiger charge is -2.13. The fraction of sp³-hybridized carbons (Fsp3) is 0.500. The van der Waals surface area contributed by atoms with Gasteiger partial charge in [0, 0.05) is 25.0 Å². The molecule has 6 heteroatoms. The summed E-state index contributed by atoms with van der Waals surface area (Å²) in [6.45, 7) is 0. The molecule has 3 rings (SSSR count). The summed E-state index contributed by atoms with van der Waals surface area (Å²) >= 11 is 0. The Balaban J connectivity index is 1.70. The van der Waals surface area contributed by atoms with Crippen LogP contribution in [0.15, 0.2) is 30.9 Å². The molecule has 1 aliphatic rings. The van der Waals surface area contributed by atoms with Crippen molar-refractivity contribution < 1.29 is 0 Å². The van der Waals surface area contributed by atoms with E-state index < -0.39 is 0 Å². The zero-order valence-corrected chi connectivity index (χ0v) is 11.4. The topological polar surface area (TPSA) is 81.6 Å². The van der Waals surface area contributed by atoms with Crippen molar-refractivity contribution in [2.75, 3.05) is 0 Å². The molecule has 3 N–H and O–H groups in total. The molecule has 0 amide bonds. The van der Waals surface area contributed by atoms with Crippen molar-refractivity contribution in [1.29, 1.82) is 0 Å². The first-order valence-corrected chi connectivity index (χ1v) is 7.13. The first kappa shape index (κ1) is 13.2. The molecule has 2 aromatic rings. The second-order valence-electron chi connectivity index (χ2n) is 5.28. The van der Waals surface area contributed by atoms with Crippen LogP contribution in [-0.4, -0.2) is 19.7 Å². The summed E-state index contributed by atoms with van der Waals surface area (Å²) in [5.41, 5.74) is 4.67. The molecule has 0 spiro atoms. The molecule has 2 heterocycles. The first-order chi connectivity index (χ1) is 9.86. The molecule has 1 aliphatic carbocycles. The van der Waals surface area contributed by atoms with E-state index in [4.69, 9.17) is 5.84 Å². The van der Waals surface area contributed by atoms with E-state index in [2.05, 4.69) is 37.4 Å². The Morgan fingerprint density at radius 3 is 2.90 bits per heavy atom. The molecule has 6 nitrogen and oxygen atoms in total. The fourth-order valence-corrected chi connectivity index (χ4v) is 2.81. The molecular formula is C14H20N6. The van der Waals surface area contributed by atoms with Gasteiger partial charge in [-0.15, -0.1) is 0 Å². The molecule has 1 atom stereocenters. The van der Waals surface area contributed by atoms with Crippen LogP contribution in [0.3, 0.4) is 0 Å². The Kier molecular flexibility index (Phi) is 4.03. The summed E-state index contributed by atoms with van der Waals surface area (Å²) in [4.78, 5) is 8.37. The number of hydrogen-bond acceptors (Lipinski definition) is 5. The van der Waals surface area contributed by atoms with Crippen molar-refractivity contribution in [2.45, 2.75) is 44.2 Å². The van der Waals surface area contributed by atoms with Gasteiger partial charge >= 0.3 is 0 Å². The van der Waals surface area contributed by atoms with Gasteiger partial charge in [0.2, 0.25) is 0 Å². The molecule has 1 saturated carbocycles. The molecule has 20 heavy (non-hydrogen) atoms. The van der Waals surface area contributed by atoms with Crippen LogP contribution in [0.5, 0.6) is 0 Å². The smallest absolute Gasteiger partial charge is 0.0773 e. The number of nitrogens with one attached hydrogen (secondary N) is 1. The zero-order valence-electron chi connectivity index (χ0n) is 11.4. The van der Waals surface area contributed by atoms with Crippen LogP contribution in [0.1, 0.15) is 49.2 Å². The molecule has 1 fully saturated rings. The van der Waals surface area contributed by atoms with Crippen LogP contribution in [0.4, 0.5) is 0 Å². The second kappa shape index (κ2) is 6.11. The van der Waals surface area contributed by atoms with Gasteiger partial charge in [-0.1, -0.05) is 12.8 Å². The minimum atomic E-state index is -0.0596. The molecular weight excluding hydrogens is 252 g/mol. The van der Waals surface area contributed by atoms with E-state index in [1.165, 1.54) is 25.7 Å². The molecule has 0 radical (unpaired) electrons. The Bertz CT molecular complexity index is 532. The number of nitrogens with zero attached hydrogens (tertiary/aromatic N) is 4. The van der Waals surface area contributed by atoms with E-state index >= 15 is 0 Å². The van der Waals surface area contributed by atoms with E-state index in [1.54, 1.807) is 18.6 Å². The summed E-state index contributed by atoms with van der Waals surface area (Å²) in [6, 6.07) is 2.58. The SMILES string of the molecule is NNC(Cc1ccn(C2CCCC2)n1)c1cnccn1. The molecule has 2 aromatic heterocycles. The van der Waals surface area contributed by atoms with E-state index in [1.807, 2.05) is 0 Å². The van der Waals surface area contributed by atoms with Gasteiger partial charge in [0.05, 0.1) is 29.7 Å². The molecule has 0 bridgehead atoms. The summed E-state index contributed by atoms with van der Waals surface area (Å²) in [5.74, 6) is 5.63. The number of nitrogens with two attached hydrogens (primary N) is 1. The van der Waals surface area contributed by atoms with Gasteiger partial charge in [-0.25, -0.2) is 0 Å². The Hall–Kier alpha value is -1.79. The third kappa shape index (κ3) is 2.86. The summed E-state index contributed by atoms with van der Waals surface area (Å²) < 4.78 is 2.10. The lowest BCUT2D eigenvalue weighted by atomic mass is 10.1. The van der Waals surface area contributed by atoms with Gasteiger partial charge in [-0.2, -0.15) is 5.10 Å². The molecule has 0 aromatic carbocycles. The van der Waals surface area contributed by atoms with Crippen LogP contribution >= 0.6 is 0 Å². The highest BCUT2D eigenvalue weighted by Gasteiger charge is 2.19. The maximum Gasteiger partial charge on any atom is 0.0773 e. The van der Waals surface area contributed by atoms with Crippen molar-refractivity contribution in [2.24, 2.45) is 5.84 Å². The number of rotatable bonds is 5. The highest BCUT2D eigenvalue weighted by Crippen LogP contribution is 2.29. The zero-order chi connectivity index (χ0) is 13.8. The Morgan fingerprint density at radius 1 is 1.35 bits per heavy atom. The van der Waals surface area contributed by atoms with Crippen molar-refractivity contribution in [3.63, 3.8) is 0 Å². The minimum absolute atomic E-state index is 0.0596. The number of aromatic nitrogens is 4. The highest BCUT2D eigenvalue weighted by atomic mass is 15.3. The Labute approximate surface area is 118 Å². The van der Waals surface area contributed by atoms with Gasteiger partial charge in [0.15, 0.2) is 0 Å². The third-order valence-corrected chi connectivity index (χ3v) is 3.92. The minimum Gasteiger partial charge on any atom is -0.271 e. The average Bonchev–Trinajstić information content (AvgIpc) is 3.16. The van der Waals surface area contributed by atoms with Crippen LogP contribution in [0, 0.1) is 0 Å². The van der Waals surface area contributed by atoms with Gasteiger partial charge < -0.3 is 0 Å². The molecule has 106 valence electrons. The van der Waals surface area contributed by atoms with Crippen LogP contribution in [0.2, 0.25) is 0 Å². The monoisotopic (exact) mass is 272 g/mol. The third-order valence-electron chi connectivity index (χ3n) is 3.92. The van der Waals surface area contributed by atoms with E-state index in [-0.39, 0.29) is 6.04 Å². The van der Waals surface area contributed by atoms with Crippen LogP contribution < -0.4 is 11.3 Å². The first-order valence-electron chi connectivity index (χ1n) is 7.13. The average molecular weight is 272 g/mol. The second-order valence-corrected chi connectivity index (χ2v) is 5.28. The van der Waals surface area contributed by atoms with Gasteiger partial charge in [-0.05, 0) is 18.9 Å². The largest absolute Gasteiger partial charge is 0.271 e. The van der Waals surface area contributed by atoms with Crippen molar-refractivity contribution in [3.8, 4) is 0 Å². The fourth-order valence-electron chi connectivity index (χ4n) is 2.81. The van der Waals surface area contributed by atoms with Crippen LogP contribution in [0.25, 0.3) is 0 Å². The maximum absolute atomic E-state index is 5.63. The van der Waals surface area contributed by atoms with Gasteiger partial charge in [0.25, 0.3) is 0 Å². The quantitative estimate of drug-likeness (QED) is 0.637. The predicted molar refractivity (Wildman–Crippen MR) is 75.5 cm³/mol. The normalized spacial score (nSPS) is 17.4. The van der Waals surface area contributed by atoms with E-state index in [0.29, 0.717) is 6.04 Å². The molecule has 0 aliphatic heterocycles.